The van der Waals surface area contributed by atoms with Crippen molar-refractivity contribution >= 4 is 54.9 Å². The van der Waals surface area contributed by atoms with E-state index in [-0.39, 0.29) is 16.9 Å². The second-order valence-electron chi connectivity index (χ2n) is 8.67. The van der Waals surface area contributed by atoms with E-state index in [2.05, 4.69) is 4.72 Å². The Balaban J connectivity index is 2.12. The average molecular weight is 521 g/mol. The Kier molecular flexibility index (Phi) is 8.21. The smallest absolute Gasteiger partial charge is 0.258 e. The maximum atomic E-state index is 12.7. The summed E-state index contributed by atoms with van der Waals surface area (Å²) in [5.74, 6) is -0.354. The first-order chi connectivity index (χ1) is 13.5. The summed E-state index contributed by atoms with van der Waals surface area (Å²) in [5, 5.41) is 0. The van der Waals surface area contributed by atoms with E-state index < -0.39 is 34.8 Å². The summed E-state index contributed by atoms with van der Waals surface area (Å²) >= 11 is 18.3. The molecule has 11 heteroatoms. The molecule has 1 atom stereocenters. The lowest BCUT2D eigenvalue weighted by Crippen LogP contribution is -2.47. The van der Waals surface area contributed by atoms with E-state index in [0.29, 0.717) is 25.7 Å². The van der Waals surface area contributed by atoms with Crippen LogP contribution in [0.25, 0.3) is 0 Å². The van der Waals surface area contributed by atoms with Gasteiger partial charge in [0.1, 0.15) is 6.10 Å². The van der Waals surface area contributed by atoms with Crippen LogP contribution in [0, 0.1) is 12.8 Å². The van der Waals surface area contributed by atoms with Crippen molar-refractivity contribution in [3.63, 3.8) is 0 Å². The third kappa shape index (κ3) is 6.70. The summed E-state index contributed by atoms with van der Waals surface area (Å²) in [4.78, 5) is -0.0148. The zero-order valence-corrected chi connectivity index (χ0v) is 21.3. The molecule has 1 aliphatic carbocycles. The van der Waals surface area contributed by atoms with Crippen LogP contribution in [0.3, 0.4) is 0 Å². The van der Waals surface area contributed by atoms with Crippen LogP contribution in [0.5, 0.6) is 0 Å². The largest absolute Gasteiger partial charge is 0.297 e. The van der Waals surface area contributed by atoms with Gasteiger partial charge in [0.25, 0.3) is 10.1 Å². The van der Waals surface area contributed by atoms with Gasteiger partial charge in [0.15, 0.2) is 0 Å². The van der Waals surface area contributed by atoms with Crippen LogP contribution in [-0.2, 0) is 24.3 Å². The summed E-state index contributed by atoms with van der Waals surface area (Å²) in [7, 11) is -7.62. The van der Waals surface area contributed by atoms with Gasteiger partial charge in [-0.15, -0.1) is 0 Å². The van der Waals surface area contributed by atoms with E-state index in [1.54, 1.807) is 32.9 Å². The molecule has 1 aromatic rings. The second-order valence-corrected chi connectivity index (χ2v) is 15.1. The van der Waals surface area contributed by atoms with Gasteiger partial charge >= 0.3 is 0 Å². The molecule has 0 heterocycles. The Labute approximate surface area is 194 Å². The number of rotatable bonds is 6. The molecule has 172 valence electrons. The molecule has 30 heavy (non-hydrogen) atoms. The lowest BCUT2D eigenvalue weighted by molar-refractivity contribution is 0.111. The zero-order chi connectivity index (χ0) is 23.0. The van der Waals surface area contributed by atoms with Gasteiger partial charge in [-0.25, -0.2) is 13.1 Å². The van der Waals surface area contributed by atoms with Crippen molar-refractivity contribution < 1.29 is 21.0 Å². The monoisotopic (exact) mass is 519 g/mol. The zero-order valence-electron chi connectivity index (χ0n) is 17.4. The lowest BCUT2D eigenvalue weighted by atomic mass is 9.83. The van der Waals surface area contributed by atoms with E-state index in [4.69, 9.17) is 39.0 Å². The highest BCUT2D eigenvalue weighted by atomic mass is 35.6. The molecule has 0 bridgehead atoms. The number of hydrogen-bond donors (Lipinski definition) is 1. The standard InChI is InChI=1S/C19H28Cl3NO5S2/c1-13-5-11-16(12-6-13)29(24,25)28-17(19(20,21)22)14-7-9-15(10-8-14)23-30(26,27)18(2,3)4/h5-6,11-12,14-15,17,23H,7-10H2,1-4H3/t14-,15-,17?. The molecule has 1 saturated carbocycles. The van der Waals surface area contributed by atoms with Gasteiger partial charge in [0.2, 0.25) is 13.8 Å². The maximum Gasteiger partial charge on any atom is 0.297 e. The topological polar surface area (TPSA) is 89.5 Å². The molecule has 1 aromatic carbocycles. The van der Waals surface area contributed by atoms with Gasteiger partial charge in [-0.05, 0) is 71.4 Å². The van der Waals surface area contributed by atoms with Gasteiger partial charge in [-0.2, -0.15) is 8.42 Å². The van der Waals surface area contributed by atoms with Crippen molar-refractivity contribution in [1.82, 2.24) is 4.72 Å². The van der Waals surface area contributed by atoms with Crippen LogP contribution in [0.15, 0.2) is 29.2 Å². The summed E-state index contributed by atoms with van der Waals surface area (Å²) in [6.07, 6.45) is 0.712. The fourth-order valence-corrected chi connectivity index (χ4v) is 6.24. The predicted molar refractivity (Wildman–Crippen MR) is 121 cm³/mol. The minimum atomic E-state index is -4.14. The van der Waals surface area contributed by atoms with Crippen LogP contribution in [0.1, 0.15) is 52.0 Å². The Morgan fingerprint density at radius 3 is 1.90 bits per heavy atom. The maximum absolute atomic E-state index is 12.7. The average Bonchev–Trinajstić information content (AvgIpc) is 2.59. The van der Waals surface area contributed by atoms with Crippen molar-refractivity contribution in [2.75, 3.05) is 0 Å². The number of aryl methyl sites for hydroxylation is 1. The van der Waals surface area contributed by atoms with E-state index in [1.807, 2.05) is 6.92 Å². The molecule has 1 fully saturated rings. The molecule has 0 radical (unpaired) electrons. The molecule has 0 spiro atoms. The minimum absolute atomic E-state index is 0.0148. The van der Waals surface area contributed by atoms with Crippen LogP contribution < -0.4 is 4.72 Å². The highest BCUT2D eigenvalue weighted by Gasteiger charge is 2.45. The molecular weight excluding hydrogens is 493 g/mol. The first-order valence-electron chi connectivity index (χ1n) is 9.61. The number of nitrogens with one attached hydrogen (secondary N) is 1. The highest BCUT2D eigenvalue weighted by molar-refractivity contribution is 7.90. The number of hydrogen-bond acceptors (Lipinski definition) is 5. The quantitative estimate of drug-likeness (QED) is 0.433. The Hall–Kier alpha value is -0.0900. The Bertz CT molecular complexity index is 928. The van der Waals surface area contributed by atoms with E-state index in [1.165, 1.54) is 12.1 Å². The van der Waals surface area contributed by atoms with Gasteiger partial charge in [0, 0.05) is 6.04 Å². The van der Waals surface area contributed by atoms with Crippen LogP contribution >= 0.6 is 34.8 Å². The van der Waals surface area contributed by atoms with Gasteiger partial charge in [-0.3, -0.25) is 4.18 Å². The molecule has 0 aromatic heterocycles. The van der Waals surface area contributed by atoms with Crippen molar-refractivity contribution in [2.24, 2.45) is 5.92 Å². The van der Waals surface area contributed by atoms with Gasteiger partial charge in [0.05, 0.1) is 9.64 Å². The first kappa shape index (κ1) is 26.2. The molecule has 1 N–H and O–H groups in total. The molecule has 2 rings (SSSR count). The fraction of sp³-hybridized carbons (Fsp3) is 0.684. The van der Waals surface area contributed by atoms with Crippen molar-refractivity contribution in [2.45, 2.75) is 79.0 Å². The molecule has 0 saturated heterocycles. The summed E-state index contributed by atoms with van der Waals surface area (Å²) in [5.41, 5.74) is 0.905. The Morgan fingerprint density at radius 2 is 1.47 bits per heavy atom. The number of alkyl halides is 3. The van der Waals surface area contributed by atoms with Gasteiger partial charge < -0.3 is 0 Å². The highest BCUT2D eigenvalue weighted by Crippen LogP contribution is 2.43. The molecule has 0 amide bonds. The fourth-order valence-electron chi connectivity index (χ4n) is 3.23. The SMILES string of the molecule is Cc1ccc(S(=O)(=O)OC([C@H]2CC[C@H](NS(=O)(=O)C(C)(C)C)CC2)C(Cl)(Cl)Cl)cc1. The summed E-state index contributed by atoms with van der Waals surface area (Å²) < 4.78 is 55.4. The second kappa shape index (κ2) is 9.41. The van der Waals surface area contributed by atoms with E-state index >= 15 is 0 Å². The molecular formula is C19H28Cl3NO5S2. The molecule has 0 aliphatic heterocycles. The van der Waals surface area contributed by atoms with E-state index in [9.17, 15) is 16.8 Å². The molecule has 1 aliphatic rings. The molecule has 6 nitrogen and oxygen atoms in total. The number of sulfonamides is 1. The van der Waals surface area contributed by atoms with E-state index in [0.717, 1.165) is 5.56 Å². The third-order valence-corrected chi connectivity index (χ3v) is 9.40. The number of halogens is 3. The minimum Gasteiger partial charge on any atom is -0.258 e. The normalized spacial score (nSPS) is 22.6. The first-order valence-corrected chi connectivity index (χ1v) is 13.6. The van der Waals surface area contributed by atoms with Crippen molar-refractivity contribution in [1.29, 1.82) is 0 Å². The van der Waals surface area contributed by atoms with Gasteiger partial charge in [-0.1, -0.05) is 52.5 Å². The lowest BCUT2D eigenvalue weighted by Gasteiger charge is -2.37. The van der Waals surface area contributed by atoms with Crippen LogP contribution in [-0.4, -0.2) is 37.5 Å². The summed E-state index contributed by atoms with van der Waals surface area (Å²) in [6.45, 7) is 6.73. The summed E-state index contributed by atoms with van der Waals surface area (Å²) in [6, 6.07) is 5.95. The predicted octanol–water partition coefficient (Wildman–Crippen LogP) is 4.72. The third-order valence-electron chi connectivity index (χ3n) is 5.19. The van der Waals surface area contributed by atoms with Crippen molar-refractivity contribution in [3.05, 3.63) is 29.8 Å². The Morgan fingerprint density at radius 1 is 0.967 bits per heavy atom. The van der Waals surface area contributed by atoms with Crippen molar-refractivity contribution in [3.8, 4) is 0 Å². The van der Waals surface area contributed by atoms with Crippen LogP contribution in [0.4, 0.5) is 0 Å². The number of benzene rings is 1. The van der Waals surface area contributed by atoms with Crippen LogP contribution in [0.2, 0.25) is 0 Å². The molecule has 1 unspecified atom stereocenters.